The van der Waals surface area contributed by atoms with E-state index >= 15 is 0 Å². The molecule has 86 valence electrons. The molecule has 1 aliphatic rings. The number of ketones is 1. The summed E-state index contributed by atoms with van der Waals surface area (Å²) in [7, 11) is 0. The van der Waals surface area contributed by atoms with Gasteiger partial charge in [0.1, 0.15) is 0 Å². The molecule has 0 saturated carbocycles. The SMILES string of the molecule is CC1C=CC=CC1C(=O)c1ccccc1C=O. The van der Waals surface area contributed by atoms with Gasteiger partial charge in [-0.2, -0.15) is 0 Å². The molecule has 1 aromatic rings. The molecule has 0 amide bonds. The van der Waals surface area contributed by atoms with Crippen LogP contribution in [0.5, 0.6) is 0 Å². The fourth-order valence-electron chi connectivity index (χ4n) is 2.05. The minimum atomic E-state index is -0.166. The Morgan fingerprint density at radius 3 is 2.59 bits per heavy atom. The zero-order valence-corrected chi connectivity index (χ0v) is 9.67. The molecule has 0 N–H and O–H groups in total. The Morgan fingerprint density at radius 1 is 1.18 bits per heavy atom. The number of carbonyl (C=O) groups is 2. The number of aldehydes is 1. The smallest absolute Gasteiger partial charge is 0.171 e. The van der Waals surface area contributed by atoms with E-state index in [4.69, 9.17) is 0 Å². The van der Waals surface area contributed by atoms with Gasteiger partial charge in [-0.05, 0) is 5.92 Å². The first-order valence-electron chi connectivity index (χ1n) is 5.67. The Labute approximate surface area is 101 Å². The van der Waals surface area contributed by atoms with Gasteiger partial charge in [0.15, 0.2) is 12.1 Å². The lowest BCUT2D eigenvalue weighted by Gasteiger charge is -2.19. The topological polar surface area (TPSA) is 34.1 Å². The van der Waals surface area contributed by atoms with Gasteiger partial charge in [0.25, 0.3) is 0 Å². The average Bonchev–Trinajstić information content (AvgIpc) is 2.38. The summed E-state index contributed by atoms with van der Waals surface area (Å²) in [6, 6.07) is 6.94. The molecule has 0 aliphatic heterocycles. The average molecular weight is 226 g/mol. The van der Waals surface area contributed by atoms with Crippen LogP contribution in [0.4, 0.5) is 0 Å². The highest BCUT2D eigenvalue weighted by atomic mass is 16.1. The van der Waals surface area contributed by atoms with Crippen molar-refractivity contribution in [2.45, 2.75) is 6.92 Å². The molecule has 1 aliphatic carbocycles. The summed E-state index contributed by atoms with van der Waals surface area (Å²) < 4.78 is 0. The molecule has 0 spiro atoms. The van der Waals surface area contributed by atoms with Crippen molar-refractivity contribution in [3.05, 3.63) is 59.7 Å². The van der Waals surface area contributed by atoms with Crippen LogP contribution in [0.1, 0.15) is 27.6 Å². The quantitative estimate of drug-likeness (QED) is 0.586. The van der Waals surface area contributed by atoms with Crippen LogP contribution < -0.4 is 0 Å². The van der Waals surface area contributed by atoms with Crippen LogP contribution in [-0.2, 0) is 0 Å². The molecule has 0 bridgehead atoms. The Balaban J connectivity index is 2.34. The van der Waals surface area contributed by atoms with Gasteiger partial charge in [-0.15, -0.1) is 0 Å². The second-order valence-electron chi connectivity index (χ2n) is 4.22. The van der Waals surface area contributed by atoms with Gasteiger partial charge in [-0.1, -0.05) is 55.5 Å². The van der Waals surface area contributed by atoms with Crippen LogP contribution in [0, 0.1) is 11.8 Å². The minimum absolute atomic E-state index is 0.0146. The lowest BCUT2D eigenvalue weighted by molar-refractivity contribution is 0.0921. The van der Waals surface area contributed by atoms with E-state index in [0.29, 0.717) is 11.1 Å². The molecule has 2 nitrogen and oxygen atoms in total. The Bertz CT molecular complexity index is 497. The zero-order valence-electron chi connectivity index (χ0n) is 9.67. The first-order chi connectivity index (χ1) is 8.24. The maximum Gasteiger partial charge on any atom is 0.171 e. The number of hydrogen-bond donors (Lipinski definition) is 0. The number of hydrogen-bond acceptors (Lipinski definition) is 2. The molecule has 0 saturated heterocycles. The number of carbonyl (C=O) groups excluding carboxylic acids is 2. The molecule has 17 heavy (non-hydrogen) atoms. The second kappa shape index (κ2) is 4.91. The maximum absolute atomic E-state index is 12.3. The lowest BCUT2D eigenvalue weighted by Crippen LogP contribution is -2.21. The minimum Gasteiger partial charge on any atom is -0.298 e. The monoisotopic (exact) mass is 226 g/mol. The molecule has 0 radical (unpaired) electrons. The highest BCUT2D eigenvalue weighted by Gasteiger charge is 2.24. The van der Waals surface area contributed by atoms with Gasteiger partial charge in [0.05, 0.1) is 0 Å². The Kier molecular flexibility index (Phi) is 3.33. The van der Waals surface area contributed by atoms with Crippen LogP contribution in [0.2, 0.25) is 0 Å². The molecule has 0 fully saturated rings. The van der Waals surface area contributed by atoms with E-state index in [-0.39, 0.29) is 17.6 Å². The highest BCUT2D eigenvalue weighted by molar-refractivity contribution is 6.05. The van der Waals surface area contributed by atoms with E-state index in [1.807, 2.05) is 31.2 Å². The van der Waals surface area contributed by atoms with Crippen molar-refractivity contribution in [1.29, 1.82) is 0 Å². The maximum atomic E-state index is 12.3. The van der Waals surface area contributed by atoms with Crippen molar-refractivity contribution in [2.75, 3.05) is 0 Å². The van der Waals surface area contributed by atoms with Crippen molar-refractivity contribution >= 4 is 12.1 Å². The fourth-order valence-corrected chi connectivity index (χ4v) is 2.05. The summed E-state index contributed by atoms with van der Waals surface area (Å²) in [6.07, 6.45) is 8.47. The third-order valence-corrected chi connectivity index (χ3v) is 3.07. The van der Waals surface area contributed by atoms with E-state index in [0.717, 1.165) is 6.29 Å². The van der Waals surface area contributed by atoms with Crippen molar-refractivity contribution in [2.24, 2.45) is 11.8 Å². The van der Waals surface area contributed by atoms with Crippen LogP contribution in [0.25, 0.3) is 0 Å². The summed E-state index contributed by atoms with van der Waals surface area (Å²) in [6.45, 7) is 2.01. The summed E-state index contributed by atoms with van der Waals surface area (Å²) in [4.78, 5) is 23.3. The summed E-state index contributed by atoms with van der Waals surface area (Å²) in [5.74, 6) is 0.0223. The van der Waals surface area contributed by atoms with E-state index in [2.05, 4.69) is 0 Å². The van der Waals surface area contributed by atoms with Gasteiger partial charge < -0.3 is 0 Å². The highest BCUT2D eigenvalue weighted by Crippen LogP contribution is 2.24. The van der Waals surface area contributed by atoms with Crippen LogP contribution in [0.15, 0.2) is 48.6 Å². The second-order valence-corrected chi connectivity index (χ2v) is 4.22. The van der Waals surface area contributed by atoms with Crippen LogP contribution >= 0.6 is 0 Å². The number of benzene rings is 1. The van der Waals surface area contributed by atoms with Gasteiger partial charge in [0.2, 0.25) is 0 Å². The zero-order chi connectivity index (χ0) is 12.3. The first-order valence-corrected chi connectivity index (χ1v) is 5.67. The Hall–Kier alpha value is -1.96. The predicted molar refractivity (Wildman–Crippen MR) is 67.1 cm³/mol. The summed E-state index contributed by atoms with van der Waals surface area (Å²) in [5.41, 5.74) is 0.979. The van der Waals surface area contributed by atoms with E-state index < -0.39 is 0 Å². The first kappa shape index (κ1) is 11.5. The largest absolute Gasteiger partial charge is 0.298 e. The van der Waals surface area contributed by atoms with Crippen molar-refractivity contribution < 1.29 is 9.59 Å². The van der Waals surface area contributed by atoms with E-state index in [9.17, 15) is 9.59 Å². The molecular formula is C15H14O2. The molecule has 2 rings (SSSR count). The number of Topliss-reactive ketones (excluding diaryl/α,β-unsaturated/α-hetero) is 1. The molecule has 1 aromatic carbocycles. The molecule has 2 heteroatoms. The lowest BCUT2D eigenvalue weighted by atomic mass is 9.83. The Morgan fingerprint density at radius 2 is 1.88 bits per heavy atom. The normalized spacial score (nSPS) is 22.4. The van der Waals surface area contributed by atoms with E-state index in [1.54, 1.807) is 24.3 Å². The molecule has 0 aromatic heterocycles. The van der Waals surface area contributed by atoms with Crippen molar-refractivity contribution in [1.82, 2.24) is 0 Å². The molecular weight excluding hydrogens is 212 g/mol. The molecule has 2 unspecified atom stereocenters. The van der Waals surface area contributed by atoms with Gasteiger partial charge >= 0.3 is 0 Å². The van der Waals surface area contributed by atoms with Crippen LogP contribution in [-0.4, -0.2) is 12.1 Å². The summed E-state index contributed by atoms with van der Waals surface area (Å²) in [5, 5.41) is 0. The summed E-state index contributed by atoms with van der Waals surface area (Å²) >= 11 is 0. The standard InChI is InChI=1S/C15H14O2/c1-11-6-2-4-8-13(11)15(17)14-9-5-3-7-12(14)10-16/h2-11,13H,1H3. The third-order valence-electron chi connectivity index (χ3n) is 3.07. The fraction of sp³-hybridized carbons (Fsp3) is 0.200. The molecule has 0 heterocycles. The van der Waals surface area contributed by atoms with E-state index in [1.165, 1.54) is 0 Å². The van der Waals surface area contributed by atoms with Gasteiger partial charge in [0, 0.05) is 17.0 Å². The number of allylic oxidation sites excluding steroid dienone is 4. The predicted octanol–water partition coefficient (Wildman–Crippen LogP) is 3.06. The van der Waals surface area contributed by atoms with Crippen molar-refractivity contribution in [3.63, 3.8) is 0 Å². The third kappa shape index (κ3) is 2.26. The molecule has 2 atom stereocenters. The van der Waals surface area contributed by atoms with Gasteiger partial charge in [-0.25, -0.2) is 0 Å². The number of rotatable bonds is 3. The van der Waals surface area contributed by atoms with Crippen molar-refractivity contribution in [3.8, 4) is 0 Å². The van der Waals surface area contributed by atoms with Gasteiger partial charge in [-0.3, -0.25) is 9.59 Å². The van der Waals surface area contributed by atoms with Crippen LogP contribution in [0.3, 0.4) is 0 Å².